The molecule has 0 aromatic rings. The lowest BCUT2D eigenvalue weighted by Crippen LogP contribution is -2.04. The standard InChI is InChI=1S/C12H22O/c1-3-4-11-5-6-12(8-11)7-10(2)9-13/h9-12H,3-8H2,1-2H3. The molecule has 0 bridgehead atoms. The Balaban J connectivity index is 2.20. The number of hydrogen-bond acceptors (Lipinski definition) is 1. The Morgan fingerprint density at radius 2 is 2.08 bits per heavy atom. The van der Waals surface area contributed by atoms with Crippen molar-refractivity contribution in [3.8, 4) is 0 Å². The van der Waals surface area contributed by atoms with E-state index in [1.165, 1.54) is 32.1 Å². The molecule has 1 saturated carbocycles. The van der Waals surface area contributed by atoms with Gasteiger partial charge in [-0.2, -0.15) is 0 Å². The largest absolute Gasteiger partial charge is 0.303 e. The van der Waals surface area contributed by atoms with Crippen LogP contribution < -0.4 is 0 Å². The van der Waals surface area contributed by atoms with Gasteiger partial charge in [0.1, 0.15) is 6.29 Å². The van der Waals surface area contributed by atoms with Gasteiger partial charge in [-0.1, -0.05) is 39.5 Å². The Kier molecular flexibility index (Phi) is 4.47. The van der Waals surface area contributed by atoms with E-state index in [9.17, 15) is 4.79 Å². The van der Waals surface area contributed by atoms with Crippen LogP contribution in [0.3, 0.4) is 0 Å². The molecule has 13 heavy (non-hydrogen) atoms. The van der Waals surface area contributed by atoms with Crippen LogP contribution in [0.5, 0.6) is 0 Å². The van der Waals surface area contributed by atoms with Crippen LogP contribution in [0, 0.1) is 17.8 Å². The monoisotopic (exact) mass is 182 g/mol. The van der Waals surface area contributed by atoms with Crippen molar-refractivity contribution < 1.29 is 4.79 Å². The van der Waals surface area contributed by atoms with E-state index in [-0.39, 0.29) is 5.92 Å². The molecule has 1 fully saturated rings. The molecule has 0 spiro atoms. The van der Waals surface area contributed by atoms with Crippen molar-refractivity contribution in [3.05, 3.63) is 0 Å². The molecular formula is C12H22O. The van der Waals surface area contributed by atoms with Gasteiger partial charge in [-0.05, 0) is 24.7 Å². The van der Waals surface area contributed by atoms with Gasteiger partial charge in [-0.25, -0.2) is 0 Å². The van der Waals surface area contributed by atoms with E-state index in [1.807, 2.05) is 6.92 Å². The summed E-state index contributed by atoms with van der Waals surface area (Å²) in [5.74, 6) is 2.09. The third-order valence-electron chi connectivity index (χ3n) is 3.28. The zero-order chi connectivity index (χ0) is 9.68. The molecule has 0 aliphatic heterocycles. The molecule has 0 N–H and O–H groups in total. The average Bonchev–Trinajstić information content (AvgIpc) is 2.53. The molecule has 0 aromatic carbocycles. The van der Waals surface area contributed by atoms with Crippen molar-refractivity contribution in [2.75, 3.05) is 0 Å². The molecule has 1 rings (SSSR count). The zero-order valence-corrected chi connectivity index (χ0v) is 8.96. The smallest absolute Gasteiger partial charge is 0.122 e. The molecule has 0 radical (unpaired) electrons. The van der Waals surface area contributed by atoms with Gasteiger partial charge in [0.2, 0.25) is 0 Å². The highest BCUT2D eigenvalue weighted by molar-refractivity contribution is 5.52. The third kappa shape index (κ3) is 3.50. The van der Waals surface area contributed by atoms with E-state index >= 15 is 0 Å². The van der Waals surface area contributed by atoms with E-state index < -0.39 is 0 Å². The summed E-state index contributed by atoms with van der Waals surface area (Å²) in [7, 11) is 0. The van der Waals surface area contributed by atoms with Crippen LogP contribution in [0.2, 0.25) is 0 Å². The Morgan fingerprint density at radius 1 is 1.38 bits per heavy atom. The number of hydrogen-bond donors (Lipinski definition) is 0. The Bertz CT molecular complexity index is 153. The van der Waals surface area contributed by atoms with Crippen molar-refractivity contribution in [2.45, 2.75) is 52.4 Å². The number of rotatable bonds is 5. The molecule has 1 nitrogen and oxygen atoms in total. The highest BCUT2D eigenvalue weighted by Crippen LogP contribution is 2.36. The molecule has 1 aliphatic carbocycles. The summed E-state index contributed by atoms with van der Waals surface area (Å²) in [5.41, 5.74) is 0. The first-order chi connectivity index (χ1) is 6.26. The first-order valence-electron chi connectivity index (χ1n) is 5.71. The maximum Gasteiger partial charge on any atom is 0.122 e. The maximum absolute atomic E-state index is 10.5. The van der Waals surface area contributed by atoms with Crippen LogP contribution in [-0.2, 0) is 4.79 Å². The first-order valence-corrected chi connectivity index (χ1v) is 5.71. The number of carbonyl (C=O) groups is 1. The van der Waals surface area contributed by atoms with Crippen LogP contribution in [0.25, 0.3) is 0 Å². The van der Waals surface area contributed by atoms with Gasteiger partial charge >= 0.3 is 0 Å². The molecule has 1 heteroatoms. The maximum atomic E-state index is 10.5. The molecular weight excluding hydrogens is 160 g/mol. The van der Waals surface area contributed by atoms with Crippen LogP contribution in [0.4, 0.5) is 0 Å². The summed E-state index contributed by atoms with van der Waals surface area (Å²) in [6.07, 6.45) is 9.10. The van der Waals surface area contributed by atoms with Crippen molar-refractivity contribution >= 4 is 6.29 Å². The molecule has 1 aliphatic rings. The molecule has 3 atom stereocenters. The van der Waals surface area contributed by atoms with E-state index in [0.717, 1.165) is 24.5 Å². The SMILES string of the molecule is CCCC1CCC(CC(C)C=O)C1. The van der Waals surface area contributed by atoms with Crippen molar-refractivity contribution in [2.24, 2.45) is 17.8 Å². The second-order valence-electron chi connectivity index (χ2n) is 4.68. The molecule has 0 saturated heterocycles. The summed E-state index contributed by atoms with van der Waals surface area (Å²) in [4.78, 5) is 10.5. The Labute approximate surface area is 81.9 Å². The van der Waals surface area contributed by atoms with E-state index in [0.29, 0.717) is 0 Å². The summed E-state index contributed by atoms with van der Waals surface area (Å²) < 4.78 is 0. The molecule has 76 valence electrons. The fourth-order valence-corrected chi connectivity index (χ4v) is 2.64. The van der Waals surface area contributed by atoms with E-state index in [1.54, 1.807) is 0 Å². The van der Waals surface area contributed by atoms with Gasteiger partial charge in [0.15, 0.2) is 0 Å². The van der Waals surface area contributed by atoms with Crippen LogP contribution in [0.15, 0.2) is 0 Å². The van der Waals surface area contributed by atoms with Gasteiger partial charge in [0, 0.05) is 5.92 Å². The number of carbonyl (C=O) groups excluding carboxylic acids is 1. The topological polar surface area (TPSA) is 17.1 Å². The lowest BCUT2D eigenvalue weighted by atomic mass is 9.93. The van der Waals surface area contributed by atoms with Gasteiger partial charge in [-0.15, -0.1) is 0 Å². The summed E-state index contributed by atoms with van der Waals surface area (Å²) in [5, 5.41) is 0. The minimum Gasteiger partial charge on any atom is -0.303 e. The highest BCUT2D eigenvalue weighted by atomic mass is 16.1. The van der Waals surface area contributed by atoms with Gasteiger partial charge < -0.3 is 4.79 Å². The highest BCUT2D eigenvalue weighted by Gasteiger charge is 2.24. The molecule has 3 unspecified atom stereocenters. The normalized spacial score (nSPS) is 30.3. The Hall–Kier alpha value is -0.330. The molecule has 0 amide bonds. The average molecular weight is 182 g/mol. The van der Waals surface area contributed by atoms with Crippen LogP contribution in [0.1, 0.15) is 52.4 Å². The van der Waals surface area contributed by atoms with Crippen molar-refractivity contribution in [1.82, 2.24) is 0 Å². The van der Waals surface area contributed by atoms with Gasteiger partial charge in [-0.3, -0.25) is 0 Å². The van der Waals surface area contributed by atoms with Crippen molar-refractivity contribution in [1.29, 1.82) is 0 Å². The summed E-state index contributed by atoms with van der Waals surface area (Å²) in [6, 6.07) is 0. The van der Waals surface area contributed by atoms with E-state index in [2.05, 4.69) is 6.92 Å². The fourth-order valence-electron chi connectivity index (χ4n) is 2.64. The van der Waals surface area contributed by atoms with Gasteiger partial charge in [0.25, 0.3) is 0 Å². The fraction of sp³-hybridized carbons (Fsp3) is 0.917. The molecule has 0 aromatic heterocycles. The summed E-state index contributed by atoms with van der Waals surface area (Å²) >= 11 is 0. The Morgan fingerprint density at radius 3 is 2.69 bits per heavy atom. The minimum absolute atomic E-state index is 0.283. The zero-order valence-electron chi connectivity index (χ0n) is 8.96. The second-order valence-corrected chi connectivity index (χ2v) is 4.68. The summed E-state index contributed by atoms with van der Waals surface area (Å²) in [6.45, 7) is 4.31. The molecule has 0 heterocycles. The lowest BCUT2D eigenvalue weighted by molar-refractivity contribution is -0.111. The quantitative estimate of drug-likeness (QED) is 0.595. The predicted molar refractivity (Wildman–Crippen MR) is 55.6 cm³/mol. The predicted octanol–water partition coefficient (Wildman–Crippen LogP) is 3.43. The van der Waals surface area contributed by atoms with Crippen LogP contribution in [-0.4, -0.2) is 6.29 Å². The van der Waals surface area contributed by atoms with E-state index in [4.69, 9.17) is 0 Å². The number of aldehydes is 1. The minimum atomic E-state index is 0.283. The van der Waals surface area contributed by atoms with Crippen LogP contribution >= 0.6 is 0 Å². The van der Waals surface area contributed by atoms with Gasteiger partial charge in [0.05, 0.1) is 0 Å². The lowest BCUT2D eigenvalue weighted by Gasteiger charge is -2.11. The second kappa shape index (κ2) is 5.41. The first kappa shape index (κ1) is 10.7. The third-order valence-corrected chi connectivity index (χ3v) is 3.28. The van der Waals surface area contributed by atoms with Crippen molar-refractivity contribution in [3.63, 3.8) is 0 Å².